The highest BCUT2D eigenvalue weighted by atomic mass is 32.2. The molecule has 0 radical (unpaired) electrons. The highest BCUT2D eigenvalue weighted by Crippen LogP contribution is 2.46. The van der Waals surface area contributed by atoms with Crippen LogP contribution in [0.15, 0.2) is 0 Å². The molecule has 0 spiro atoms. The first-order valence-corrected chi connectivity index (χ1v) is 9.65. The summed E-state index contributed by atoms with van der Waals surface area (Å²) < 4.78 is 103. The number of hydrogen-bond acceptors (Lipinski definition) is 5. The van der Waals surface area contributed by atoms with Crippen molar-refractivity contribution in [3.8, 4) is 0 Å². The molecule has 1 aliphatic rings. The lowest BCUT2D eigenvalue weighted by Crippen LogP contribution is -2.57. The minimum Gasteiger partial charge on any atom is -0.463 e. The molecule has 1 aliphatic heterocycles. The molecule has 1 rings (SSSR count). The van der Waals surface area contributed by atoms with E-state index in [1.165, 1.54) is 0 Å². The number of alkyl halides is 6. The van der Waals surface area contributed by atoms with E-state index in [-0.39, 0.29) is 36.7 Å². The number of ether oxygens (including phenoxy) is 1. The Hall–Kier alpha value is -1.04. The highest BCUT2D eigenvalue weighted by Gasteiger charge is 2.69. The van der Waals surface area contributed by atoms with Gasteiger partial charge in [0.25, 0.3) is 5.60 Å². The van der Waals surface area contributed by atoms with Crippen molar-refractivity contribution < 1.29 is 49.4 Å². The summed E-state index contributed by atoms with van der Waals surface area (Å²) in [6, 6.07) is 0. The molecular formula is C14H20F6O5S. The van der Waals surface area contributed by atoms with E-state index in [9.17, 15) is 39.6 Å². The lowest BCUT2D eigenvalue weighted by Gasteiger charge is -2.33. The SMILES string of the molecule is CC(CCC(O)(C(F)(F)F)C(F)(F)F)OC(=O)CC1CCS(=O)(=O)CC1. The van der Waals surface area contributed by atoms with Gasteiger partial charge in [-0.3, -0.25) is 4.79 Å². The maximum atomic E-state index is 12.6. The smallest absolute Gasteiger partial charge is 0.426 e. The maximum Gasteiger partial charge on any atom is 0.426 e. The highest BCUT2D eigenvalue weighted by molar-refractivity contribution is 7.91. The summed E-state index contributed by atoms with van der Waals surface area (Å²) in [6.45, 7) is 1.12. The quantitative estimate of drug-likeness (QED) is 0.534. The van der Waals surface area contributed by atoms with Gasteiger partial charge in [0, 0.05) is 6.42 Å². The minimum atomic E-state index is -5.91. The number of carbonyl (C=O) groups excluding carboxylic acids is 1. The van der Waals surface area contributed by atoms with Crippen molar-refractivity contribution in [1.82, 2.24) is 0 Å². The van der Waals surface area contributed by atoms with Crippen molar-refractivity contribution in [3.63, 3.8) is 0 Å². The largest absolute Gasteiger partial charge is 0.463 e. The lowest BCUT2D eigenvalue weighted by atomic mass is 9.94. The van der Waals surface area contributed by atoms with E-state index in [2.05, 4.69) is 0 Å². The van der Waals surface area contributed by atoms with E-state index in [1.807, 2.05) is 0 Å². The summed E-state index contributed by atoms with van der Waals surface area (Å²) >= 11 is 0. The van der Waals surface area contributed by atoms with Crippen molar-refractivity contribution in [2.24, 2.45) is 5.92 Å². The second-order valence-electron chi connectivity index (χ2n) is 6.49. The third-order valence-electron chi connectivity index (χ3n) is 4.31. The van der Waals surface area contributed by atoms with Crippen molar-refractivity contribution in [2.75, 3.05) is 11.5 Å². The van der Waals surface area contributed by atoms with Gasteiger partial charge in [0.15, 0.2) is 0 Å². The molecule has 5 nitrogen and oxygen atoms in total. The molecule has 0 saturated carbocycles. The van der Waals surface area contributed by atoms with Crippen LogP contribution in [0.3, 0.4) is 0 Å². The van der Waals surface area contributed by atoms with Gasteiger partial charge in [-0.1, -0.05) is 0 Å². The van der Waals surface area contributed by atoms with Crippen LogP contribution in [0.25, 0.3) is 0 Å². The van der Waals surface area contributed by atoms with E-state index in [1.54, 1.807) is 0 Å². The van der Waals surface area contributed by atoms with Gasteiger partial charge >= 0.3 is 18.3 Å². The molecule has 1 fully saturated rings. The molecule has 0 aromatic rings. The van der Waals surface area contributed by atoms with E-state index >= 15 is 0 Å². The van der Waals surface area contributed by atoms with Crippen LogP contribution in [0.5, 0.6) is 0 Å². The molecule has 0 amide bonds. The molecule has 12 heteroatoms. The van der Waals surface area contributed by atoms with Crippen LogP contribution in [0, 0.1) is 5.92 Å². The van der Waals surface area contributed by atoms with Crippen LogP contribution in [0.4, 0.5) is 26.3 Å². The summed E-state index contributed by atoms with van der Waals surface area (Å²) in [5, 5.41) is 9.03. The molecule has 1 N–H and O–H groups in total. The van der Waals surface area contributed by atoms with Gasteiger partial charge in [0.1, 0.15) is 9.84 Å². The van der Waals surface area contributed by atoms with E-state index < -0.39 is 52.7 Å². The van der Waals surface area contributed by atoms with E-state index in [4.69, 9.17) is 9.84 Å². The third-order valence-corrected chi connectivity index (χ3v) is 6.03. The Kier molecular flexibility index (Phi) is 7.00. The first kappa shape index (κ1) is 23.0. The van der Waals surface area contributed by atoms with Crippen LogP contribution in [-0.4, -0.2) is 55.1 Å². The predicted molar refractivity (Wildman–Crippen MR) is 77.8 cm³/mol. The number of hydrogen-bond donors (Lipinski definition) is 1. The van der Waals surface area contributed by atoms with Crippen LogP contribution < -0.4 is 0 Å². The summed E-state index contributed by atoms with van der Waals surface area (Å²) in [5.41, 5.74) is -4.88. The van der Waals surface area contributed by atoms with Gasteiger partial charge in [0.05, 0.1) is 17.6 Å². The Morgan fingerprint density at radius 1 is 1.12 bits per heavy atom. The zero-order chi connectivity index (χ0) is 20.4. The maximum absolute atomic E-state index is 12.6. The Balaban J connectivity index is 2.53. The summed E-state index contributed by atoms with van der Waals surface area (Å²) in [6.07, 6.45) is -15.3. The number of esters is 1. The van der Waals surface area contributed by atoms with Crippen molar-refractivity contribution >= 4 is 15.8 Å². The molecule has 0 aromatic carbocycles. The Morgan fingerprint density at radius 2 is 1.58 bits per heavy atom. The van der Waals surface area contributed by atoms with Crippen LogP contribution in [0.2, 0.25) is 0 Å². The molecule has 0 aromatic heterocycles. The molecule has 154 valence electrons. The van der Waals surface area contributed by atoms with Gasteiger partial charge in [-0.2, -0.15) is 26.3 Å². The zero-order valence-corrected chi connectivity index (χ0v) is 14.7. The van der Waals surface area contributed by atoms with Crippen molar-refractivity contribution in [3.05, 3.63) is 0 Å². The Bertz CT molecular complexity index is 570. The molecule has 1 saturated heterocycles. The van der Waals surface area contributed by atoms with Crippen LogP contribution in [0.1, 0.15) is 39.0 Å². The second kappa shape index (κ2) is 7.91. The normalized spacial score (nSPS) is 20.6. The molecular weight excluding hydrogens is 394 g/mol. The topological polar surface area (TPSA) is 80.7 Å². The van der Waals surface area contributed by atoms with Gasteiger partial charge in [-0.25, -0.2) is 8.42 Å². The molecule has 26 heavy (non-hydrogen) atoms. The first-order valence-electron chi connectivity index (χ1n) is 7.83. The average Bonchev–Trinajstić information content (AvgIpc) is 2.44. The van der Waals surface area contributed by atoms with Crippen molar-refractivity contribution in [1.29, 1.82) is 0 Å². The van der Waals surface area contributed by atoms with Crippen LogP contribution in [-0.2, 0) is 19.4 Å². The molecule has 0 bridgehead atoms. The van der Waals surface area contributed by atoms with Gasteiger partial charge < -0.3 is 9.84 Å². The fraction of sp³-hybridized carbons (Fsp3) is 0.929. The molecule has 1 atom stereocenters. The van der Waals surface area contributed by atoms with Gasteiger partial charge in [0.2, 0.25) is 0 Å². The van der Waals surface area contributed by atoms with Gasteiger partial charge in [-0.15, -0.1) is 0 Å². The summed E-state index contributed by atoms with van der Waals surface area (Å²) in [7, 11) is -3.12. The summed E-state index contributed by atoms with van der Waals surface area (Å²) in [5.74, 6) is -1.25. The predicted octanol–water partition coefficient (Wildman–Crippen LogP) is 2.77. The number of halogens is 6. The minimum absolute atomic E-state index is 0.0787. The standard InChI is InChI=1S/C14H20F6O5S/c1-9(2-5-12(22,13(15,16)17)14(18,19)20)25-11(21)8-10-3-6-26(23,24)7-4-10/h9-10,22H,2-8H2,1H3. The molecule has 1 unspecified atom stereocenters. The van der Waals surface area contributed by atoms with Gasteiger partial charge in [-0.05, 0) is 38.5 Å². The number of sulfone groups is 1. The lowest BCUT2D eigenvalue weighted by molar-refractivity contribution is -0.370. The fourth-order valence-electron chi connectivity index (χ4n) is 2.57. The Labute approximate surface area is 146 Å². The average molecular weight is 414 g/mol. The van der Waals surface area contributed by atoms with Crippen molar-refractivity contribution in [2.45, 2.75) is 63.1 Å². The number of carbonyl (C=O) groups is 1. The van der Waals surface area contributed by atoms with E-state index in [0.717, 1.165) is 6.92 Å². The number of aliphatic hydroxyl groups is 1. The second-order valence-corrected chi connectivity index (χ2v) is 8.80. The van der Waals surface area contributed by atoms with Crippen LogP contribution >= 0.6 is 0 Å². The summed E-state index contributed by atoms with van der Waals surface area (Å²) in [4.78, 5) is 11.7. The molecule has 1 heterocycles. The fourth-order valence-corrected chi connectivity index (χ4v) is 4.16. The monoisotopic (exact) mass is 414 g/mol. The third kappa shape index (κ3) is 6.00. The first-order chi connectivity index (χ1) is 11.6. The molecule has 0 aliphatic carbocycles. The Morgan fingerprint density at radius 3 is 2.00 bits per heavy atom. The zero-order valence-electron chi connectivity index (χ0n) is 13.9. The number of rotatable bonds is 6. The van der Waals surface area contributed by atoms with E-state index in [0.29, 0.717) is 0 Å².